The minimum atomic E-state index is -0.679. The Morgan fingerprint density at radius 3 is 2.37 bits per heavy atom. The highest BCUT2D eigenvalue weighted by Gasteiger charge is 2.08. The largest absolute Gasteiger partial charge is 0.420 e. The molecule has 0 bridgehead atoms. The van der Waals surface area contributed by atoms with Crippen LogP contribution in [0.5, 0.6) is 5.75 Å². The zero-order valence-corrected chi connectivity index (χ0v) is 10.5. The van der Waals surface area contributed by atoms with E-state index in [1.165, 1.54) is 12.1 Å². The summed E-state index contributed by atoms with van der Waals surface area (Å²) >= 11 is 0. The van der Waals surface area contributed by atoms with E-state index < -0.39 is 11.8 Å². The van der Waals surface area contributed by atoms with Gasteiger partial charge in [-0.25, -0.2) is 9.18 Å². The van der Waals surface area contributed by atoms with E-state index in [0.29, 0.717) is 0 Å². The molecule has 19 heavy (non-hydrogen) atoms. The van der Waals surface area contributed by atoms with Crippen LogP contribution in [0, 0.1) is 12.7 Å². The van der Waals surface area contributed by atoms with Gasteiger partial charge in [-0.1, -0.05) is 42.5 Å². The molecule has 0 spiro atoms. The molecule has 2 aromatic carbocycles. The summed E-state index contributed by atoms with van der Waals surface area (Å²) in [6, 6.07) is 12.2. The molecule has 0 aliphatic rings. The zero-order valence-electron chi connectivity index (χ0n) is 10.5. The first kappa shape index (κ1) is 13.0. The second-order valence-corrected chi connectivity index (χ2v) is 4.14. The maximum Gasteiger partial charge on any atom is 0.335 e. The minimum Gasteiger partial charge on any atom is -0.420 e. The van der Waals surface area contributed by atoms with Gasteiger partial charge in [0, 0.05) is 6.08 Å². The maximum atomic E-state index is 13.8. The molecule has 96 valence electrons. The standard InChI is InChI=1S/C16H13FO2/c1-3-16(18)19-15-9-8-13(10-14(15)17)12-6-4-11(2)5-7-12/h3-10H,1H2,2H3. The average Bonchev–Trinajstić information content (AvgIpc) is 2.41. The summed E-state index contributed by atoms with van der Waals surface area (Å²) < 4.78 is 18.6. The van der Waals surface area contributed by atoms with E-state index in [0.717, 1.165) is 22.8 Å². The van der Waals surface area contributed by atoms with Gasteiger partial charge in [-0.05, 0) is 30.2 Å². The van der Waals surface area contributed by atoms with E-state index >= 15 is 0 Å². The molecule has 0 saturated heterocycles. The summed E-state index contributed by atoms with van der Waals surface area (Å²) in [4.78, 5) is 11.0. The fraction of sp³-hybridized carbons (Fsp3) is 0.0625. The number of hydrogen-bond acceptors (Lipinski definition) is 2. The van der Waals surface area contributed by atoms with Crippen molar-refractivity contribution in [1.82, 2.24) is 0 Å². The second-order valence-electron chi connectivity index (χ2n) is 4.14. The first-order valence-corrected chi connectivity index (χ1v) is 5.81. The van der Waals surface area contributed by atoms with Gasteiger partial charge in [0.05, 0.1) is 0 Å². The van der Waals surface area contributed by atoms with Crippen molar-refractivity contribution in [3.05, 3.63) is 66.5 Å². The number of ether oxygens (including phenoxy) is 1. The van der Waals surface area contributed by atoms with Crippen LogP contribution in [0.1, 0.15) is 5.56 Å². The highest BCUT2D eigenvalue weighted by Crippen LogP contribution is 2.26. The molecule has 2 aromatic rings. The summed E-state index contributed by atoms with van der Waals surface area (Å²) in [5.74, 6) is -1.35. The lowest BCUT2D eigenvalue weighted by Crippen LogP contribution is -2.04. The Morgan fingerprint density at radius 1 is 1.16 bits per heavy atom. The van der Waals surface area contributed by atoms with Crippen molar-refractivity contribution in [2.45, 2.75) is 6.92 Å². The Balaban J connectivity index is 2.30. The van der Waals surface area contributed by atoms with Crippen molar-refractivity contribution < 1.29 is 13.9 Å². The number of hydrogen-bond donors (Lipinski definition) is 0. The van der Waals surface area contributed by atoms with Crippen LogP contribution in [0.4, 0.5) is 4.39 Å². The fourth-order valence-corrected chi connectivity index (χ4v) is 1.66. The van der Waals surface area contributed by atoms with Gasteiger partial charge in [0.2, 0.25) is 0 Å². The Kier molecular flexibility index (Phi) is 3.76. The van der Waals surface area contributed by atoms with Crippen molar-refractivity contribution in [3.63, 3.8) is 0 Å². The molecule has 0 saturated carbocycles. The molecular weight excluding hydrogens is 243 g/mol. The van der Waals surface area contributed by atoms with Gasteiger partial charge in [-0.15, -0.1) is 0 Å². The highest BCUT2D eigenvalue weighted by atomic mass is 19.1. The third kappa shape index (κ3) is 3.07. The Bertz CT molecular complexity index is 615. The quantitative estimate of drug-likeness (QED) is 0.473. The molecule has 2 nitrogen and oxygen atoms in total. The van der Waals surface area contributed by atoms with E-state index in [-0.39, 0.29) is 5.75 Å². The van der Waals surface area contributed by atoms with Gasteiger partial charge in [0.1, 0.15) is 0 Å². The van der Waals surface area contributed by atoms with Crippen molar-refractivity contribution >= 4 is 5.97 Å². The van der Waals surface area contributed by atoms with Crippen LogP contribution in [0.2, 0.25) is 0 Å². The summed E-state index contributed by atoms with van der Waals surface area (Å²) in [5, 5.41) is 0. The smallest absolute Gasteiger partial charge is 0.335 e. The number of rotatable bonds is 3. The lowest BCUT2D eigenvalue weighted by atomic mass is 10.0. The number of carbonyl (C=O) groups is 1. The first-order chi connectivity index (χ1) is 9.10. The predicted molar refractivity (Wildman–Crippen MR) is 72.4 cm³/mol. The van der Waals surface area contributed by atoms with Gasteiger partial charge in [0.15, 0.2) is 11.6 Å². The molecule has 0 aliphatic heterocycles. The lowest BCUT2D eigenvalue weighted by molar-refractivity contribution is -0.129. The summed E-state index contributed by atoms with van der Waals surface area (Å²) in [6.07, 6.45) is 0.993. The molecule has 0 aliphatic carbocycles. The third-order valence-electron chi connectivity index (χ3n) is 2.69. The molecule has 0 N–H and O–H groups in total. The van der Waals surface area contributed by atoms with Crippen molar-refractivity contribution in [2.24, 2.45) is 0 Å². The van der Waals surface area contributed by atoms with E-state index in [9.17, 15) is 9.18 Å². The maximum absolute atomic E-state index is 13.8. The molecule has 0 radical (unpaired) electrons. The number of esters is 1. The van der Waals surface area contributed by atoms with Crippen LogP contribution in [0.25, 0.3) is 11.1 Å². The van der Waals surface area contributed by atoms with Gasteiger partial charge in [-0.3, -0.25) is 0 Å². The van der Waals surface area contributed by atoms with Crippen LogP contribution < -0.4 is 4.74 Å². The van der Waals surface area contributed by atoms with Gasteiger partial charge < -0.3 is 4.74 Å². The number of carbonyl (C=O) groups excluding carboxylic acids is 1. The normalized spacial score (nSPS) is 10.0. The fourth-order valence-electron chi connectivity index (χ4n) is 1.66. The van der Waals surface area contributed by atoms with Crippen LogP contribution in [0.3, 0.4) is 0 Å². The van der Waals surface area contributed by atoms with E-state index in [1.54, 1.807) is 6.07 Å². The molecule has 0 aromatic heterocycles. The Hall–Kier alpha value is -2.42. The molecule has 3 heteroatoms. The van der Waals surface area contributed by atoms with Crippen LogP contribution in [-0.4, -0.2) is 5.97 Å². The van der Waals surface area contributed by atoms with E-state index in [4.69, 9.17) is 4.74 Å². The third-order valence-corrected chi connectivity index (χ3v) is 2.69. The van der Waals surface area contributed by atoms with Crippen LogP contribution in [-0.2, 0) is 4.79 Å². The number of aryl methyl sites for hydroxylation is 1. The van der Waals surface area contributed by atoms with Gasteiger partial charge in [-0.2, -0.15) is 0 Å². The molecule has 0 unspecified atom stereocenters. The van der Waals surface area contributed by atoms with Crippen molar-refractivity contribution in [2.75, 3.05) is 0 Å². The topological polar surface area (TPSA) is 26.3 Å². The highest BCUT2D eigenvalue weighted by molar-refractivity contribution is 5.83. The minimum absolute atomic E-state index is 0.0965. The van der Waals surface area contributed by atoms with Crippen LogP contribution >= 0.6 is 0 Å². The van der Waals surface area contributed by atoms with Crippen molar-refractivity contribution in [1.29, 1.82) is 0 Å². The SMILES string of the molecule is C=CC(=O)Oc1ccc(-c2ccc(C)cc2)cc1F. The first-order valence-electron chi connectivity index (χ1n) is 5.81. The van der Waals surface area contributed by atoms with Crippen molar-refractivity contribution in [3.8, 4) is 16.9 Å². The Labute approximate surface area is 111 Å². The van der Waals surface area contributed by atoms with E-state index in [1.807, 2.05) is 31.2 Å². The van der Waals surface area contributed by atoms with Crippen LogP contribution in [0.15, 0.2) is 55.1 Å². The summed E-state index contributed by atoms with van der Waals surface area (Å²) in [5.41, 5.74) is 2.78. The monoisotopic (exact) mass is 256 g/mol. The molecule has 0 fully saturated rings. The molecule has 0 heterocycles. The zero-order chi connectivity index (χ0) is 13.8. The average molecular weight is 256 g/mol. The molecule has 0 amide bonds. The summed E-state index contributed by atoms with van der Waals surface area (Å²) in [7, 11) is 0. The predicted octanol–water partition coefficient (Wildman–Crippen LogP) is 3.89. The Morgan fingerprint density at radius 2 is 1.79 bits per heavy atom. The second kappa shape index (κ2) is 5.48. The molecular formula is C16H13FO2. The number of halogens is 1. The van der Waals surface area contributed by atoms with Gasteiger partial charge >= 0.3 is 5.97 Å². The van der Waals surface area contributed by atoms with E-state index in [2.05, 4.69) is 6.58 Å². The molecule has 2 rings (SSSR count). The molecule has 0 atom stereocenters. The number of benzene rings is 2. The summed E-state index contributed by atoms with van der Waals surface area (Å²) in [6.45, 7) is 5.25. The lowest BCUT2D eigenvalue weighted by Gasteiger charge is -2.06. The van der Waals surface area contributed by atoms with Gasteiger partial charge in [0.25, 0.3) is 0 Å².